The molecule has 0 radical (unpaired) electrons. The summed E-state index contributed by atoms with van der Waals surface area (Å²) in [6, 6.07) is 53.6. The Hall–Kier alpha value is -6.59. The number of benzene rings is 7. The summed E-state index contributed by atoms with van der Waals surface area (Å²) in [6.07, 6.45) is 0. The summed E-state index contributed by atoms with van der Waals surface area (Å²) in [5, 5.41) is 17.3. The van der Waals surface area contributed by atoms with E-state index in [2.05, 4.69) is 124 Å². The normalized spacial score (nSPS) is 12.2. The molecule has 0 aliphatic heterocycles. The third kappa shape index (κ3) is 3.32. The molecule has 0 spiro atoms. The summed E-state index contributed by atoms with van der Waals surface area (Å²) in [7, 11) is 0. The standard InChI is InChI=1S/C43H25N5/c1-4-12-27(13-5-1)41-43(46-45-42(44-41)28-14-6-2-7-15-28)48-33-21-11-19-31-30-18-10-20-32-37(30)39-34(47(32)29-16-8-3-9-17-29)24-22-26-23-25-35(48)40(36(26)39)38(31)33/h1-25H. The van der Waals surface area contributed by atoms with Gasteiger partial charge in [0.1, 0.15) is 5.69 Å². The lowest BCUT2D eigenvalue weighted by molar-refractivity contribution is 0.922. The van der Waals surface area contributed by atoms with Crippen molar-refractivity contribution in [1.82, 2.24) is 24.3 Å². The molecule has 48 heavy (non-hydrogen) atoms. The van der Waals surface area contributed by atoms with Gasteiger partial charge in [0.15, 0.2) is 11.6 Å². The van der Waals surface area contributed by atoms with Crippen LogP contribution in [-0.4, -0.2) is 24.3 Å². The maximum atomic E-state index is 5.20. The summed E-state index contributed by atoms with van der Waals surface area (Å²) in [5.74, 6) is 1.32. The molecule has 0 unspecified atom stereocenters. The largest absolute Gasteiger partial charge is 0.309 e. The molecule has 7 aromatic carbocycles. The van der Waals surface area contributed by atoms with Crippen molar-refractivity contribution in [2.24, 2.45) is 0 Å². The molecular formula is C43H25N5. The van der Waals surface area contributed by atoms with Crippen molar-refractivity contribution in [3.63, 3.8) is 0 Å². The molecule has 0 bridgehead atoms. The van der Waals surface area contributed by atoms with E-state index in [1.54, 1.807) is 0 Å². The Balaban J connectivity index is 1.32. The second kappa shape index (κ2) is 9.47. The lowest BCUT2D eigenvalue weighted by Crippen LogP contribution is -2.06. The molecule has 11 rings (SSSR count). The van der Waals surface area contributed by atoms with E-state index in [0.717, 1.165) is 33.5 Å². The highest BCUT2D eigenvalue weighted by Gasteiger charge is 2.28. The highest BCUT2D eigenvalue weighted by molar-refractivity contribution is 6.38. The molecule has 0 saturated heterocycles. The minimum atomic E-state index is 0.603. The Bertz CT molecular complexity index is 2920. The van der Waals surface area contributed by atoms with Crippen molar-refractivity contribution < 1.29 is 0 Å². The quantitative estimate of drug-likeness (QED) is 0.199. The second-order valence-corrected chi connectivity index (χ2v) is 12.5. The Morgan fingerprint density at radius 3 is 1.56 bits per heavy atom. The van der Waals surface area contributed by atoms with Crippen LogP contribution in [0.15, 0.2) is 152 Å². The first-order valence-corrected chi connectivity index (χ1v) is 16.2. The third-order valence-corrected chi connectivity index (χ3v) is 9.96. The molecule has 0 N–H and O–H groups in total. The van der Waals surface area contributed by atoms with E-state index in [9.17, 15) is 0 Å². The van der Waals surface area contributed by atoms with Gasteiger partial charge in [0.05, 0.1) is 22.1 Å². The van der Waals surface area contributed by atoms with Crippen LogP contribution in [0.1, 0.15) is 0 Å². The minimum absolute atomic E-state index is 0.603. The van der Waals surface area contributed by atoms with Crippen molar-refractivity contribution in [1.29, 1.82) is 0 Å². The van der Waals surface area contributed by atoms with E-state index in [0.29, 0.717) is 11.6 Å². The zero-order chi connectivity index (χ0) is 31.3. The van der Waals surface area contributed by atoms with E-state index in [4.69, 9.17) is 15.2 Å². The van der Waals surface area contributed by atoms with Crippen molar-refractivity contribution in [3.8, 4) is 45.3 Å². The zero-order valence-corrected chi connectivity index (χ0v) is 25.7. The second-order valence-electron chi connectivity index (χ2n) is 12.5. The molecule has 0 fully saturated rings. The molecule has 3 aromatic heterocycles. The lowest BCUT2D eigenvalue weighted by atomic mass is 9.98. The Morgan fingerprint density at radius 2 is 0.917 bits per heavy atom. The fourth-order valence-electron chi connectivity index (χ4n) is 8.02. The SMILES string of the molecule is c1ccc(-c2nnc(-n3c4cccc5c4c4c6c(ccc7c6c6c-5cccc6n7-c5ccccc5)ccc43)c(-c3ccccc3)n2)cc1. The fourth-order valence-corrected chi connectivity index (χ4v) is 8.02. The number of para-hydroxylation sites is 1. The average Bonchev–Trinajstić information content (AvgIpc) is 3.64. The van der Waals surface area contributed by atoms with Gasteiger partial charge in [-0.3, -0.25) is 4.57 Å². The first kappa shape index (κ1) is 25.6. The van der Waals surface area contributed by atoms with Crippen molar-refractivity contribution in [2.45, 2.75) is 0 Å². The van der Waals surface area contributed by atoms with Gasteiger partial charge in [0.2, 0.25) is 0 Å². The highest BCUT2D eigenvalue weighted by Crippen LogP contribution is 2.51. The summed E-state index contributed by atoms with van der Waals surface area (Å²) < 4.78 is 4.70. The van der Waals surface area contributed by atoms with Gasteiger partial charge >= 0.3 is 0 Å². The van der Waals surface area contributed by atoms with Gasteiger partial charge in [-0.15, -0.1) is 10.2 Å². The maximum Gasteiger partial charge on any atom is 0.187 e. The molecule has 222 valence electrons. The van der Waals surface area contributed by atoms with Crippen LogP contribution in [0, 0.1) is 0 Å². The van der Waals surface area contributed by atoms with Gasteiger partial charge < -0.3 is 4.57 Å². The first-order valence-electron chi connectivity index (χ1n) is 16.2. The molecule has 5 nitrogen and oxygen atoms in total. The molecule has 0 amide bonds. The predicted octanol–water partition coefficient (Wildman–Crippen LogP) is 10.5. The fraction of sp³-hybridized carbons (Fsp3) is 0. The van der Waals surface area contributed by atoms with Crippen LogP contribution in [-0.2, 0) is 0 Å². The number of fused-ring (bicyclic) bond motifs is 1. The molecule has 10 aromatic rings. The Morgan fingerprint density at radius 1 is 0.375 bits per heavy atom. The monoisotopic (exact) mass is 611 g/mol. The van der Waals surface area contributed by atoms with Crippen molar-refractivity contribution >= 4 is 54.4 Å². The Kier molecular flexibility index (Phi) is 5.05. The van der Waals surface area contributed by atoms with Crippen LogP contribution < -0.4 is 0 Å². The van der Waals surface area contributed by atoms with E-state index in [1.165, 1.54) is 54.5 Å². The lowest BCUT2D eigenvalue weighted by Gasteiger charge is -2.13. The smallest absolute Gasteiger partial charge is 0.187 e. The first-order chi connectivity index (χ1) is 23.8. The molecule has 0 saturated carbocycles. The van der Waals surface area contributed by atoms with Crippen molar-refractivity contribution in [3.05, 3.63) is 152 Å². The number of nitrogens with zero attached hydrogens (tertiary/aromatic N) is 5. The van der Waals surface area contributed by atoms with Crippen LogP contribution in [0.5, 0.6) is 0 Å². The van der Waals surface area contributed by atoms with Gasteiger partial charge in [-0.2, -0.15) is 0 Å². The highest BCUT2D eigenvalue weighted by atomic mass is 15.2. The number of aromatic nitrogens is 5. The molecule has 0 atom stereocenters. The van der Waals surface area contributed by atoms with Crippen LogP contribution in [0.2, 0.25) is 0 Å². The van der Waals surface area contributed by atoms with Crippen molar-refractivity contribution in [2.75, 3.05) is 0 Å². The summed E-state index contributed by atoms with van der Waals surface area (Å²) in [4.78, 5) is 5.20. The molecule has 3 heterocycles. The minimum Gasteiger partial charge on any atom is -0.309 e. The van der Waals surface area contributed by atoms with Gasteiger partial charge in [-0.25, -0.2) is 4.98 Å². The summed E-state index contributed by atoms with van der Waals surface area (Å²) in [6.45, 7) is 0. The Labute approximate surface area is 275 Å². The van der Waals surface area contributed by atoms with Gasteiger partial charge in [0, 0.05) is 43.7 Å². The number of rotatable bonds is 4. The van der Waals surface area contributed by atoms with Crippen LogP contribution >= 0.6 is 0 Å². The zero-order valence-electron chi connectivity index (χ0n) is 25.7. The predicted molar refractivity (Wildman–Crippen MR) is 196 cm³/mol. The van der Waals surface area contributed by atoms with Gasteiger partial charge in [0.25, 0.3) is 0 Å². The molecule has 1 aliphatic rings. The third-order valence-electron chi connectivity index (χ3n) is 9.96. The molecular weight excluding hydrogens is 587 g/mol. The van der Waals surface area contributed by atoms with Crippen LogP contribution in [0.25, 0.3) is 99.7 Å². The summed E-state index contributed by atoms with van der Waals surface area (Å²) >= 11 is 0. The number of hydrogen-bond acceptors (Lipinski definition) is 3. The van der Waals surface area contributed by atoms with Crippen LogP contribution in [0.3, 0.4) is 0 Å². The van der Waals surface area contributed by atoms with E-state index >= 15 is 0 Å². The molecule has 5 heteroatoms. The average molecular weight is 612 g/mol. The van der Waals surface area contributed by atoms with Gasteiger partial charge in [-0.05, 0) is 52.9 Å². The van der Waals surface area contributed by atoms with Gasteiger partial charge in [-0.1, -0.05) is 115 Å². The van der Waals surface area contributed by atoms with E-state index in [1.807, 2.05) is 36.4 Å². The van der Waals surface area contributed by atoms with E-state index < -0.39 is 0 Å². The molecule has 1 aliphatic carbocycles. The van der Waals surface area contributed by atoms with Crippen LogP contribution in [0.4, 0.5) is 0 Å². The summed E-state index contributed by atoms with van der Waals surface area (Å²) in [5.41, 5.74) is 10.9. The topological polar surface area (TPSA) is 48.5 Å². The number of hydrogen-bond donors (Lipinski definition) is 0. The maximum absolute atomic E-state index is 5.20. The van der Waals surface area contributed by atoms with E-state index in [-0.39, 0.29) is 0 Å².